The van der Waals surface area contributed by atoms with E-state index in [1.807, 2.05) is 24.3 Å². The van der Waals surface area contributed by atoms with Crippen LogP contribution < -0.4 is 25.4 Å². The van der Waals surface area contributed by atoms with E-state index in [0.29, 0.717) is 47.1 Å². The molecule has 1 aliphatic heterocycles. The Morgan fingerprint density at radius 1 is 1.20 bits per heavy atom. The van der Waals surface area contributed by atoms with E-state index in [-0.39, 0.29) is 11.7 Å². The molecule has 0 radical (unpaired) electrons. The molecular weight excluding hydrogens is 406 g/mol. The van der Waals surface area contributed by atoms with Gasteiger partial charge in [0.1, 0.15) is 5.75 Å². The minimum absolute atomic E-state index is 0.121. The monoisotopic (exact) mass is 427 g/mol. The summed E-state index contributed by atoms with van der Waals surface area (Å²) in [7, 11) is 1.58. The third-order valence-corrected chi connectivity index (χ3v) is 5.32. The van der Waals surface area contributed by atoms with E-state index in [1.165, 1.54) is 16.4 Å². The summed E-state index contributed by atoms with van der Waals surface area (Å²) in [5.41, 5.74) is 1.35. The Kier molecular flexibility index (Phi) is 5.94. The number of amides is 1. The van der Waals surface area contributed by atoms with Crippen LogP contribution in [-0.2, 0) is 4.79 Å². The third-order valence-electron chi connectivity index (χ3n) is 4.38. The Bertz CT molecular complexity index is 1060. The van der Waals surface area contributed by atoms with Crippen molar-refractivity contribution in [2.75, 3.05) is 37.2 Å². The molecule has 0 atom stereocenters. The number of carbonyl (C=O) groups is 1. The average Bonchev–Trinajstić information content (AvgIpc) is 2.96. The molecule has 156 valence electrons. The predicted octanol–water partition coefficient (Wildman–Crippen LogP) is 2.56. The lowest BCUT2D eigenvalue weighted by Gasteiger charge is -2.10. The molecule has 0 unspecified atom stereocenters. The molecule has 3 aromatic rings. The van der Waals surface area contributed by atoms with Crippen molar-refractivity contribution in [3.8, 4) is 28.6 Å². The second-order valence-corrected chi connectivity index (χ2v) is 7.37. The number of fused-ring (bicyclic) bond motifs is 1. The number of carbonyl (C=O) groups excluding carboxylic acids is 1. The maximum absolute atomic E-state index is 12.4. The minimum atomic E-state index is -0.198. The average molecular weight is 427 g/mol. The van der Waals surface area contributed by atoms with Crippen molar-refractivity contribution in [3.05, 3.63) is 42.5 Å². The van der Waals surface area contributed by atoms with Crippen LogP contribution in [0.25, 0.3) is 11.4 Å². The highest BCUT2D eigenvalue weighted by Crippen LogP contribution is 2.32. The predicted molar refractivity (Wildman–Crippen MR) is 114 cm³/mol. The van der Waals surface area contributed by atoms with Crippen LogP contribution in [-0.4, -0.2) is 46.9 Å². The molecule has 1 amide bonds. The van der Waals surface area contributed by atoms with Gasteiger partial charge in [-0.3, -0.25) is 4.79 Å². The van der Waals surface area contributed by atoms with Gasteiger partial charge in [0.2, 0.25) is 11.1 Å². The van der Waals surface area contributed by atoms with E-state index in [9.17, 15) is 4.79 Å². The molecule has 10 heteroatoms. The van der Waals surface area contributed by atoms with Gasteiger partial charge in [-0.15, -0.1) is 10.2 Å². The quantitative estimate of drug-likeness (QED) is 0.456. The van der Waals surface area contributed by atoms with Crippen molar-refractivity contribution in [1.29, 1.82) is 0 Å². The largest absolute Gasteiger partial charge is 0.496 e. The number of anilines is 1. The van der Waals surface area contributed by atoms with Gasteiger partial charge < -0.3 is 25.4 Å². The van der Waals surface area contributed by atoms with Gasteiger partial charge in [-0.05, 0) is 24.3 Å². The fourth-order valence-electron chi connectivity index (χ4n) is 2.96. The Hall–Kier alpha value is -3.40. The summed E-state index contributed by atoms with van der Waals surface area (Å²) >= 11 is 1.19. The standard InChI is InChI=1S/C20H21N5O4S/c1-27-15-6-3-2-5-14(15)19-23-24-20(25(19)21)30-12-18(26)22-13-7-8-16-17(11-13)29-10-4-9-28-16/h2-3,5-8,11H,4,9-10,12,21H2,1H3,(H,22,26). The number of para-hydroxylation sites is 1. The SMILES string of the molecule is COc1ccccc1-c1nnc(SCC(=O)Nc2ccc3c(c2)OCCCO3)n1N. The molecule has 2 aromatic carbocycles. The van der Waals surface area contributed by atoms with Gasteiger partial charge in [0.25, 0.3) is 0 Å². The van der Waals surface area contributed by atoms with E-state index in [1.54, 1.807) is 25.3 Å². The molecule has 3 N–H and O–H groups in total. The molecule has 2 heterocycles. The number of hydrogen-bond donors (Lipinski definition) is 2. The number of nitrogens with two attached hydrogens (primary N) is 1. The van der Waals surface area contributed by atoms with E-state index < -0.39 is 0 Å². The molecule has 0 spiro atoms. The second-order valence-electron chi connectivity index (χ2n) is 6.43. The number of hydrogen-bond acceptors (Lipinski definition) is 8. The number of nitrogens with zero attached hydrogens (tertiary/aromatic N) is 3. The summed E-state index contributed by atoms with van der Waals surface area (Å²) < 4.78 is 17.9. The maximum atomic E-state index is 12.4. The van der Waals surface area contributed by atoms with Crippen LogP contribution in [0.4, 0.5) is 5.69 Å². The van der Waals surface area contributed by atoms with Crippen LogP contribution in [0.15, 0.2) is 47.6 Å². The summed E-state index contributed by atoms with van der Waals surface area (Å²) in [4.78, 5) is 12.4. The van der Waals surface area contributed by atoms with Gasteiger partial charge in [-0.1, -0.05) is 23.9 Å². The normalized spacial score (nSPS) is 12.8. The van der Waals surface area contributed by atoms with Crippen LogP contribution in [0, 0.1) is 0 Å². The Morgan fingerprint density at radius 2 is 2.00 bits per heavy atom. The Balaban J connectivity index is 1.40. The molecule has 9 nitrogen and oxygen atoms in total. The molecular formula is C20H21N5O4S. The summed E-state index contributed by atoms with van der Waals surface area (Å²) in [5, 5.41) is 11.5. The highest BCUT2D eigenvalue weighted by atomic mass is 32.2. The lowest BCUT2D eigenvalue weighted by atomic mass is 10.2. The van der Waals surface area contributed by atoms with Crippen LogP contribution in [0.2, 0.25) is 0 Å². The lowest BCUT2D eigenvalue weighted by Crippen LogP contribution is -2.16. The number of nitrogens with one attached hydrogen (secondary N) is 1. The molecule has 0 saturated heterocycles. The number of methoxy groups -OCH3 is 1. The first-order valence-corrected chi connectivity index (χ1v) is 10.3. The van der Waals surface area contributed by atoms with Gasteiger partial charge in [-0.2, -0.15) is 0 Å². The molecule has 1 aliphatic rings. The number of aromatic nitrogens is 3. The fourth-order valence-corrected chi connectivity index (χ4v) is 3.61. The number of thioether (sulfide) groups is 1. The zero-order valence-corrected chi connectivity index (χ0v) is 17.1. The number of benzene rings is 2. The molecule has 0 aliphatic carbocycles. The lowest BCUT2D eigenvalue weighted by molar-refractivity contribution is -0.113. The number of nitrogen functional groups attached to an aromatic ring is 1. The van der Waals surface area contributed by atoms with Crippen LogP contribution in [0.5, 0.6) is 17.2 Å². The van der Waals surface area contributed by atoms with Crippen LogP contribution >= 0.6 is 11.8 Å². The smallest absolute Gasteiger partial charge is 0.234 e. The Morgan fingerprint density at radius 3 is 2.83 bits per heavy atom. The highest BCUT2D eigenvalue weighted by Gasteiger charge is 2.17. The van der Waals surface area contributed by atoms with Crippen molar-refractivity contribution >= 4 is 23.4 Å². The van der Waals surface area contributed by atoms with Gasteiger partial charge in [0.15, 0.2) is 17.3 Å². The fraction of sp³-hybridized carbons (Fsp3) is 0.250. The molecule has 0 bridgehead atoms. The van der Waals surface area contributed by atoms with Crippen molar-refractivity contribution in [2.45, 2.75) is 11.6 Å². The first kappa shape index (κ1) is 19.9. The molecule has 1 aromatic heterocycles. The third kappa shape index (κ3) is 4.28. The topological polar surface area (TPSA) is 114 Å². The first-order valence-electron chi connectivity index (χ1n) is 9.32. The Labute approximate surface area is 177 Å². The summed E-state index contributed by atoms with van der Waals surface area (Å²) in [6.45, 7) is 1.20. The van der Waals surface area contributed by atoms with E-state index in [4.69, 9.17) is 20.1 Å². The van der Waals surface area contributed by atoms with Crippen molar-refractivity contribution in [2.24, 2.45) is 0 Å². The van der Waals surface area contributed by atoms with E-state index >= 15 is 0 Å². The number of rotatable bonds is 6. The van der Waals surface area contributed by atoms with Gasteiger partial charge in [-0.25, -0.2) is 4.68 Å². The molecule has 0 saturated carbocycles. The first-order chi connectivity index (χ1) is 14.7. The zero-order chi connectivity index (χ0) is 20.9. The van der Waals surface area contributed by atoms with E-state index in [2.05, 4.69) is 15.5 Å². The van der Waals surface area contributed by atoms with Crippen molar-refractivity contribution in [3.63, 3.8) is 0 Å². The second kappa shape index (κ2) is 8.95. The summed E-state index contributed by atoms with van der Waals surface area (Å²) in [5.74, 6) is 8.47. The van der Waals surface area contributed by atoms with Crippen LogP contribution in [0.3, 0.4) is 0 Å². The van der Waals surface area contributed by atoms with Gasteiger partial charge in [0.05, 0.1) is 31.6 Å². The molecule has 4 rings (SSSR count). The minimum Gasteiger partial charge on any atom is -0.496 e. The summed E-state index contributed by atoms with van der Waals surface area (Å²) in [6.07, 6.45) is 0.823. The van der Waals surface area contributed by atoms with Crippen LogP contribution in [0.1, 0.15) is 6.42 Å². The van der Waals surface area contributed by atoms with Gasteiger partial charge >= 0.3 is 0 Å². The molecule has 0 fully saturated rings. The van der Waals surface area contributed by atoms with E-state index in [0.717, 1.165) is 12.0 Å². The maximum Gasteiger partial charge on any atom is 0.234 e. The van der Waals surface area contributed by atoms with Crippen molar-refractivity contribution in [1.82, 2.24) is 14.9 Å². The van der Waals surface area contributed by atoms with Gasteiger partial charge in [0, 0.05) is 18.2 Å². The molecule has 30 heavy (non-hydrogen) atoms. The zero-order valence-electron chi connectivity index (χ0n) is 16.3. The summed E-state index contributed by atoms with van der Waals surface area (Å²) in [6, 6.07) is 12.7. The van der Waals surface area contributed by atoms with Crippen molar-refractivity contribution < 1.29 is 19.0 Å². The number of ether oxygens (including phenoxy) is 3. The highest BCUT2D eigenvalue weighted by molar-refractivity contribution is 7.99.